The molecule has 2 heterocycles. The number of aromatic nitrogens is 4. The molecule has 0 spiro atoms. The van der Waals surface area contributed by atoms with E-state index in [1.807, 2.05) is 37.0 Å². The van der Waals surface area contributed by atoms with Gasteiger partial charge in [0.1, 0.15) is 5.69 Å². The van der Waals surface area contributed by atoms with Gasteiger partial charge in [-0.15, -0.1) is 0 Å². The first-order valence-electron chi connectivity index (χ1n) is 5.83. The average molecular weight is 241 g/mol. The van der Waals surface area contributed by atoms with Gasteiger partial charge in [0.15, 0.2) is 5.82 Å². The zero-order valence-corrected chi connectivity index (χ0v) is 10.5. The number of nitrogens with two attached hydrogens (primary N) is 1. The molecule has 0 radical (unpaired) electrons. The number of fused-ring (bicyclic) bond motifs is 1. The van der Waals surface area contributed by atoms with Crippen LogP contribution in [-0.4, -0.2) is 19.1 Å². The molecule has 3 rings (SSSR count). The summed E-state index contributed by atoms with van der Waals surface area (Å²) in [4.78, 5) is 8.98. The first-order chi connectivity index (χ1) is 8.69. The molecule has 1 aromatic carbocycles. The maximum atomic E-state index is 5.65. The largest absolute Gasteiger partial charge is 0.340 e. The lowest BCUT2D eigenvalue weighted by molar-refractivity contribution is 0.912. The molecule has 0 aliphatic carbocycles. The summed E-state index contributed by atoms with van der Waals surface area (Å²) in [5, 5.41) is 0. The molecule has 0 fully saturated rings. The van der Waals surface area contributed by atoms with Crippen molar-refractivity contribution in [1.82, 2.24) is 19.1 Å². The fraction of sp³-hybridized carbons (Fsp3) is 0.231. The average Bonchev–Trinajstić information content (AvgIpc) is 2.93. The van der Waals surface area contributed by atoms with Crippen molar-refractivity contribution >= 4 is 11.0 Å². The Morgan fingerprint density at radius 1 is 1.28 bits per heavy atom. The lowest BCUT2D eigenvalue weighted by Crippen LogP contribution is -1.95. The molecule has 3 aromatic rings. The second-order valence-corrected chi connectivity index (χ2v) is 4.45. The smallest absolute Gasteiger partial charge is 0.161 e. The van der Waals surface area contributed by atoms with E-state index in [0.717, 1.165) is 28.1 Å². The second-order valence-electron chi connectivity index (χ2n) is 4.45. The zero-order valence-electron chi connectivity index (χ0n) is 10.5. The zero-order chi connectivity index (χ0) is 12.7. The molecule has 92 valence electrons. The molecule has 0 bridgehead atoms. The van der Waals surface area contributed by atoms with Gasteiger partial charge in [-0.25, -0.2) is 9.97 Å². The Hall–Kier alpha value is -2.14. The van der Waals surface area contributed by atoms with Crippen molar-refractivity contribution in [2.75, 3.05) is 0 Å². The van der Waals surface area contributed by atoms with Crippen LogP contribution in [0.5, 0.6) is 0 Å². The highest BCUT2D eigenvalue weighted by atomic mass is 15.1. The minimum absolute atomic E-state index is 0.533. The molecule has 18 heavy (non-hydrogen) atoms. The van der Waals surface area contributed by atoms with Crippen LogP contribution in [0.1, 0.15) is 5.56 Å². The summed E-state index contributed by atoms with van der Waals surface area (Å²) < 4.78 is 3.97. The predicted octanol–water partition coefficient (Wildman–Crippen LogP) is 1.43. The van der Waals surface area contributed by atoms with E-state index in [9.17, 15) is 0 Å². The lowest BCUT2D eigenvalue weighted by Gasteiger charge is -1.99. The fourth-order valence-corrected chi connectivity index (χ4v) is 2.13. The quantitative estimate of drug-likeness (QED) is 0.738. The van der Waals surface area contributed by atoms with Crippen LogP contribution in [0.15, 0.2) is 30.7 Å². The van der Waals surface area contributed by atoms with Gasteiger partial charge in [-0.1, -0.05) is 6.07 Å². The van der Waals surface area contributed by atoms with Crippen LogP contribution < -0.4 is 5.73 Å². The Morgan fingerprint density at radius 2 is 2.11 bits per heavy atom. The molecule has 0 aliphatic heterocycles. The maximum Gasteiger partial charge on any atom is 0.161 e. The van der Waals surface area contributed by atoms with Crippen molar-refractivity contribution in [1.29, 1.82) is 0 Å². The van der Waals surface area contributed by atoms with Gasteiger partial charge in [-0.3, -0.25) is 0 Å². The van der Waals surface area contributed by atoms with Crippen molar-refractivity contribution in [2.24, 2.45) is 19.8 Å². The minimum atomic E-state index is 0.533. The molecule has 0 saturated heterocycles. The molecule has 5 nitrogen and oxygen atoms in total. The molecule has 0 amide bonds. The Bertz CT molecular complexity index is 707. The SMILES string of the molecule is Cn1cnc(-c2nc3cc(CN)ccc3n2C)c1. The van der Waals surface area contributed by atoms with E-state index in [1.165, 1.54) is 0 Å². The molecule has 2 N–H and O–H groups in total. The van der Waals surface area contributed by atoms with Crippen LogP contribution in [-0.2, 0) is 20.6 Å². The molecule has 0 unspecified atom stereocenters. The maximum absolute atomic E-state index is 5.65. The van der Waals surface area contributed by atoms with Gasteiger partial charge < -0.3 is 14.9 Å². The molecule has 0 aliphatic rings. The van der Waals surface area contributed by atoms with E-state index < -0.39 is 0 Å². The Labute approximate surface area is 105 Å². The summed E-state index contributed by atoms with van der Waals surface area (Å²) in [5.41, 5.74) is 9.67. The standard InChI is InChI=1S/C13H15N5/c1-17-7-11(15-8-17)13-16-10-5-9(6-14)3-4-12(10)18(13)2/h3-5,7-8H,6,14H2,1-2H3. The molecule has 2 aromatic heterocycles. The van der Waals surface area contributed by atoms with Gasteiger partial charge in [0, 0.05) is 26.8 Å². The normalized spacial score (nSPS) is 11.3. The van der Waals surface area contributed by atoms with Gasteiger partial charge in [-0.2, -0.15) is 0 Å². The lowest BCUT2D eigenvalue weighted by atomic mass is 10.2. The Balaban J connectivity index is 2.22. The Morgan fingerprint density at radius 3 is 2.78 bits per heavy atom. The van der Waals surface area contributed by atoms with E-state index in [1.54, 1.807) is 6.33 Å². The first-order valence-corrected chi connectivity index (χ1v) is 5.83. The van der Waals surface area contributed by atoms with E-state index in [2.05, 4.69) is 20.6 Å². The van der Waals surface area contributed by atoms with Crippen molar-refractivity contribution in [3.05, 3.63) is 36.3 Å². The van der Waals surface area contributed by atoms with Crippen LogP contribution in [0.2, 0.25) is 0 Å². The van der Waals surface area contributed by atoms with Gasteiger partial charge >= 0.3 is 0 Å². The highest BCUT2D eigenvalue weighted by Gasteiger charge is 2.11. The van der Waals surface area contributed by atoms with Crippen LogP contribution in [0.4, 0.5) is 0 Å². The van der Waals surface area contributed by atoms with E-state index in [0.29, 0.717) is 6.54 Å². The number of hydrogen-bond donors (Lipinski definition) is 1. The second kappa shape index (κ2) is 3.96. The number of imidazole rings is 2. The van der Waals surface area contributed by atoms with Crippen molar-refractivity contribution in [3.8, 4) is 11.5 Å². The van der Waals surface area contributed by atoms with Crippen molar-refractivity contribution < 1.29 is 0 Å². The monoisotopic (exact) mass is 241 g/mol. The summed E-state index contributed by atoms with van der Waals surface area (Å²) in [6.07, 6.45) is 3.74. The predicted molar refractivity (Wildman–Crippen MR) is 70.8 cm³/mol. The summed E-state index contributed by atoms with van der Waals surface area (Å²) in [6, 6.07) is 6.12. The topological polar surface area (TPSA) is 61.7 Å². The number of benzene rings is 1. The van der Waals surface area contributed by atoms with Crippen LogP contribution >= 0.6 is 0 Å². The molecular formula is C13H15N5. The number of hydrogen-bond acceptors (Lipinski definition) is 3. The molecule has 0 atom stereocenters. The highest BCUT2D eigenvalue weighted by molar-refractivity contribution is 5.80. The summed E-state index contributed by atoms with van der Waals surface area (Å²) in [5.74, 6) is 0.875. The molecular weight excluding hydrogens is 226 g/mol. The van der Waals surface area contributed by atoms with Gasteiger partial charge in [0.25, 0.3) is 0 Å². The van der Waals surface area contributed by atoms with Crippen LogP contribution in [0.3, 0.4) is 0 Å². The van der Waals surface area contributed by atoms with Crippen LogP contribution in [0.25, 0.3) is 22.6 Å². The summed E-state index contributed by atoms with van der Waals surface area (Å²) >= 11 is 0. The molecule has 5 heteroatoms. The minimum Gasteiger partial charge on any atom is -0.340 e. The van der Waals surface area contributed by atoms with Gasteiger partial charge in [0.2, 0.25) is 0 Å². The number of aryl methyl sites for hydroxylation is 2. The third-order valence-corrected chi connectivity index (χ3v) is 3.11. The number of nitrogens with zero attached hydrogens (tertiary/aromatic N) is 4. The van der Waals surface area contributed by atoms with Gasteiger partial charge in [-0.05, 0) is 17.7 Å². The Kier molecular flexibility index (Phi) is 2.41. The molecule has 0 saturated carbocycles. The first kappa shape index (κ1) is 11.0. The summed E-state index contributed by atoms with van der Waals surface area (Å²) in [6.45, 7) is 0.533. The highest BCUT2D eigenvalue weighted by Crippen LogP contribution is 2.22. The third kappa shape index (κ3) is 1.60. The van der Waals surface area contributed by atoms with E-state index in [4.69, 9.17) is 5.73 Å². The van der Waals surface area contributed by atoms with Crippen molar-refractivity contribution in [2.45, 2.75) is 6.54 Å². The van der Waals surface area contributed by atoms with Crippen LogP contribution in [0, 0.1) is 0 Å². The van der Waals surface area contributed by atoms with E-state index in [-0.39, 0.29) is 0 Å². The number of rotatable bonds is 2. The fourth-order valence-electron chi connectivity index (χ4n) is 2.13. The third-order valence-electron chi connectivity index (χ3n) is 3.11. The summed E-state index contributed by atoms with van der Waals surface area (Å²) in [7, 11) is 3.95. The van der Waals surface area contributed by atoms with Gasteiger partial charge in [0.05, 0.1) is 17.4 Å². The van der Waals surface area contributed by atoms with Crippen molar-refractivity contribution in [3.63, 3.8) is 0 Å². The van der Waals surface area contributed by atoms with E-state index >= 15 is 0 Å².